The highest BCUT2D eigenvalue weighted by molar-refractivity contribution is 6.30. The van der Waals surface area contributed by atoms with Crippen molar-refractivity contribution in [3.63, 3.8) is 0 Å². The van der Waals surface area contributed by atoms with Crippen molar-refractivity contribution in [2.75, 3.05) is 26.7 Å². The third-order valence-electron chi connectivity index (χ3n) is 7.99. The number of benzene rings is 2. The molecule has 0 saturated carbocycles. The van der Waals surface area contributed by atoms with Crippen molar-refractivity contribution in [2.45, 2.75) is 51.5 Å². The summed E-state index contributed by atoms with van der Waals surface area (Å²) in [6.07, 6.45) is 6.05. The lowest BCUT2D eigenvalue weighted by atomic mass is 9.88. The number of piperidine rings is 1. The maximum atomic E-state index is 14.8. The van der Waals surface area contributed by atoms with E-state index in [9.17, 15) is 14.0 Å². The first kappa shape index (κ1) is 29.6. The molecule has 2 aliphatic heterocycles. The highest BCUT2D eigenvalue weighted by Crippen LogP contribution is 2.49. The van der Waals surface area contributed by atoms with Gasteiger partial charge in [0.2, 0.25) is 5.91 Å². The first-order valence-corrected chi connectivity index (χ1v) is 14.3. The fourth-order valence-electron chi connectivity index (χ4n) is 5.55. The number of para-hydroxylation sites is 1. The number of carboxylic acid groups (broad SMARTS) is 1. The normalized spacial score (nSPS) is 19.0. The Morgan fingerprint density at radius 1 is 1.24 bits per heavy atom. The molecular weight excluding hydrogens is 563 g/mol. The van der Waals surface area contributed by atoms with Crippen LogP contribution in [-0.4, -0.2) is 63.0 Å². The van der Waals surface area contributed by atoms with Crippen LogP contribution in [0, 0.1) is 5.82 Å². The lowest BCUT2D eigenvalue weighted by Gasteiger charge is -2.32. The monoisotopic (exact) mass is 596 g/mol. The van der Waals surface area contributed by atoms with E-state index in [0.29, 0.717) is 41.8 Å². The Hall–Kier alpha value is -3.89. The van der Waals surface area contributed by atoms with Crippen LogP contribution in [-0.2, 0) is 28.5 Å². The lowest BCUT2D eigenvalue weighted by Crippen LogP contribution is -2.34. The number of fused-ring (bicyclic) bond motifs is 1. The van der Waals surface area contributed by atoms with Crippen LogP contribution < -0.4 is 9.47 Å². The number of imidazole rings is 1. The third kappa shape index (κ3) is 6.29. The molecule has 3 aromatic rings. The number of aliphatic carboxylic acids is 1. The second-order valence-corrected chi connectivity index (χ2v) is 11.3. The maximum absolute atomic E-state index is 14.8. The van der Waals surface area contributed by atoms with E-state index in [1.807, 2.05) is 22.8 Å². The molecule has 1 aromatic heterocycles. The Kier molecular flexibility index (Phi) is 8.56. The van der Waals surface area contributed by atoms with E-state index in [2.05, 4.69) is 9.88 Å². The second-order valence-electron chi connectivity index (χ2n) is 10.9. The summed E-state index contributed by atoms with van der Waals surface area (Å²) in [6.45, 7) is 6.44. The van der Waals surface area contributed by atoms with E-state index >= 15 is 0 Å². The summed E-state index contributed by atoms with van der Waals surface area (Å²) in [5.74, 6) is -0.577. The van der Waals surface area contributed by atoms with Gasteiger partial charge in [0.15, 0.2) is 11.5 Å². The number of ether oxygens (including phenoxy) is 2. The van der Waals surface area contributed by atoms with Crippen LogP contribution in [0.5, 0.6) is 11.5 Å². The molecule has 2 aliphatic rings. The van der Waals surface area contributed by atoms with Gasteiger partial charge in [0.1, 0.15) is 11.6 Å². The highest BCUT2D eigenvalue weighted by Gasteiger charge is 2.43. The van der Waals surface area contributed by atoms with Gasteiger partial charge in [-0.2, -0.15) is 0 Å². The molecule has 1 amide bonds. The van der Waals surface area contributed by atoms with E-state index in [1.165, 1.54) is 19.1 Å². The van der Waals surface area contributed by atoms with Crippen LogP contribution in [0.25, 0.3) is 6.08 Å². The third-order valence-corrected chi connectivity index (χ3v) is 8.22. The summed E-state index contributed by atoms with van der Waals surface area (Å²) in [5.41, 5.74) is 2.00. The van der Waals surface area contributed by atoms with Crippen LogP contribution in [0.1, 0.15) is 55.3 Å². The molecule has 1 N–H and O–H groups in total. The van der Waals surface area contributed by atoms with Gasteiger partial charge < -0.3 is 24.0 Å². The largest absolute Gasteiger partial charge is 0.478 e. The minimum Gasteiger partial charge on any atom is -0.478 e. The average molecular weight is 597 g/mol. The molecule has 9 nitrogen and oxygen atoms in total. The summed E-state index contributed by atoms with van der Waals surface area (Å²) >= 11 is 5.95. The number of carbonyl (C=O) groups excluding carboxylic acids is 1. The van der Waals surface area contributed by atoms with E-state index in [4.69, 9.17) is 26.2 Å². The van der Waals surface area contributed by atoms with Gasteiger partial charge in [-0.1, -0.05) is 23.7 Å². The summed E-state index contributed by atoms with van der Waals surface area (Å²) in [6, 6.07) is 10.3. The molecule has 1 fully saturated rings. The Labute approximate surface area is 249 Å². The minimum absolute atomic E-state index is 0.0400. The molecule has 11 heteroatoms. The number of hydrogen-bond donors (Lipinski definition) is 1. The number of carboxylic acids is 1. The van der Waals surface area contributed by atoms with Gasteiger partial charge in [0.05, 0.1) is 24.0 Å². The van der Waals surface area contributed by atoms with Crippen molar-refractivity contribution >= 4 is 29.6 Å². The maximum Gasteiger partial charge on any atom is 0.328 e. The van der Waals surface area contributed by atoms with Gasteiger partial charge in [-0.15, -0.1) is 0 Å². The highest BCUT2D eigenvalue weighted by atomic mass is 35.5. The van der Waals surface area contributed by atoms with Crippen LogP contribution in [0.4, 0.5) is 4.39 Å². The Morgan fingerprint density at radius 2 is 2.00 bits per heavy atom. The van der Waals surface area contributed by atoms with Crippen LogP contribution >= 0.6 is 11.6 Å². The number of rotatable bonds is 9. The zero-order valence-corrected chi connectivity index (χ0v) is 24.6. The van der Waals surface area contributed by atoms with E-state index in [1.54, 1.807) is 37.2 Å². The molecule has 0 radical (unpaired) electrons. The van der Waals surface area contributed by atoms with Crippen molar-refractivity contribution < 1.29 is 28.6 Å². The molecule has 3 heterocycles. The topological polar surface area (TPSA) is 97.1 Å². The fraction of sp³-hybridized carbons (Fsp3) is 0.387. The zero-order valence-electron chi connectivity index (χ0n) is 23.8. The van der Waals surface area contributed by atoms with Crippen molar-refractivity contribution in [1.82, 2.24) is 19.4 Å². The van der Waals surface area contributed by atoms with Crippen molar-refractivity contribution in [1.29, 1.82) is 0 Å². The first-order chi connectivity index (χ1) is 20.0. The fourth-order valence-corrected chi connectivity index (χ4v) is 5.71. The van der Waals surface area contributed by atoms with Gasteiger partial charge in [0, 0.05) is 50.6 Å². The molecule has 2 aromatic carbocycles. The second kappa shape index (κ2) is 12.1. The van der Waals surface area contributed by atoms with E-state index in [-0.39, 0.29) is 17.4 Å². The van der Waals surface area contributed by atoms with E-state index < -0.39 is 17.6 Å². The van der Waals surface area contributed by atoms with Gasteiger partial charge in [-0.05, 0) is 62.2 Å². The van der Waals surface area contributed by atoms with Crippen LogP contribution in [0.15, 0.2) is 48.7 Å². The standard InChI is InChI=1S/C31H34ClFN4O5/c1-20(38)35(3)15-16-37-23(8-10-29(39)40)18-34-28(37)19-36-13-11-21(12-14-36)24-5-4-6-27-30(24)42-31(2,41-27)25-9-7-22(32)17-26(25)33/h4-10,17-18,21H,11-16,19H2,1-3H3,(H,39,40)/b10-8+. The molecule has 0 aliphatic carbocycles. The Bertz CT molecular complexity index is 1520. The number of aromatic nitrogens is 2. The molecule has 222 valence electrons. The molecular formula is C31H34ClFN4O5. The number of likely N-dealkylation sites (N-methyl/N-ethyl adjacent to an activating group) is 1. The molecule has 1 unspecified atom stereocenters. The number of halogens is 2. The van der Waals surface area contributed by atoms with Crippen LogP contribution in [0.3, 0.4) is 0 Å². The molecule has 1 atom stereocenters. The smallest absolute Gasteiger partial charge is 0.328 e. The number of likely N-dealkylation sites (tertiary alicyclic amines) is 1. The molecule has 5 rings (SSSR count). The predicted octanol–water partition coefficient (Wildman–Crippen LogP) is 5.28. The summed E-state index contributed by atoms with van der Waals surface area (Å²) in [4.78, 5) is 31.4. The minimum atomic E-state index is -1.30. The molecule has 0 bridgehead atoms. The van der Waals surface area contributed by atoms with E-state index in [0.717, 1.165) is 43.4 Å². The van der Waals surface area contributed by atoms with Gasteiger partial charge in [-0.3, -0.25) is 9.69 Å². The van der Waals surface area contributed by atoms with Crippen molar-refractivity contribution in [2.24, 2.45) is 0 Å². The summed E-state index contributed by atoms with van der Waals surface area (Å²) < 4.78 is 29.2. The SMILES string of the molecule is CC(=O)N(C)CCn1c(/C=C/C(=O)O)cnc1CN1CCC(c2cccc3c2OC(C)(c2ccc(Cl)cc2F)O3)CC1. The summed E-state index contributed by atoms with van der Waals surface area (Å²) in [5, 5.41) is 9.40. The predicted molar refractivity (Wildman–Crippen MR) is 156 cm³/mol. The number of carbonyl (C=O) groups is 2. The van der Waals surface area contributed by atoms with Gasteiger partial charge in [0.25, 0.3) is 5.79 Å². The summed E-state index contributed by atoms with van der Waals surface area (Å²) in [7, 11) is 1.74. The first-order valence-electron chi connectivity index (χ1n) is 13.9. The van der Waals surface area contributed by atoms with Gasteiger partial charge in [-0.25, -0.2) is 14.2 Å². The Balaban J connectivity index is 1.27. The van der Waals surface area contributed by atoms with Crippen molar-refractivity contribution in [3.05, 3.63) is 82.2 Å². The number of amides is 1. The molecule has 1 saturated heterocycles. The quantitative estimate of drug-likeness (QED) is 0.336. The van der Waals surface area contributed by atoms with Crippen molar-refractivity contribution in [3.8, 4) is 11.5 Å². The number of nitrogens with zero attached hydrogens (tertiary/aromatic N) is 4. The zero-order chi connectivity index (χ0) is 30.0. The Morgan fingerprint density at radius 3 is 2.69 bits per heavy atom. The number of hydrogen-bond acceptors (Lipinski definition) is 6. The molecule has 42 heavy (non-hydrogen) atoms. The van der Waals surface area contributed by atoms with Gasteiger partial charge >= 0.3 is 5.97 Å². The van der Waals surface area contributed by atoms with Crippen LogP contribution in [0.2, 0.25) is 5.02 Å². The molecule has 0 spiro atoms. The average Bonchev–Trinajstić information content (AvgIpc) is 3.50. The lowest BCUT2D eigenvalue weighted by molar-refractivity contribution is -0.131.